The summed E-state index contributed by atoms with van der Waals surface area (Å²) in [6.45, 7) is 2.58. The fourth-order valence-electron chi connectivity index (χ4n) is 3.22. The van der Waals surface area contributed by atoms with Crippen molar-refractivity contribution >= 4 is 16.9 Å². The van der Waals surface area contributed by atoms with Crippen molar-refractivity contribution in [1.82, 2.24) is 14.5 Å². The summed E-state index contributed by atoms with van der Waals surface area (Å²) in [4.78, 5) is 21.6. The molecule has 1 aliphatic rings. The summed E-state index contributed by atoms with van der Waals surface area (Å²) >= 11 is 1.26. The Morgan fingerprint density at radius 3 is 2.75 bits per heavy atom. The first kappa shape index (κ1) is 15.1. The Morgan fingerprint density at radius 2 is 1.96 bits per heavy atom. The molecule has 0 atom stereocenters. The maximum absolute atomic E-state index is 11.6. The third-order valence-electron chi connectivity index (χ3n) is 4.18. The van der Waals surface area contributed by atoms with Crippen LogP contribution in [0.4, 0.5) is 0 Å². The third kappa shape index (κ3) is 2.65. The number of carbonyl (C=O) groups is 1. The van der Waals surface area contributed by atoms with Gasteiger partial charge in [0.25, 0.3) is 0 Å². The molecule has 0 radical (unpaired) electrons. The lowest BCUT2D eigenvalue weighted by Crippen LogP contribution is -1.97. The fraction of sp³-hybridized carbons (Fsp3) is 0.211. The Morgan fingerprint density at radius 1 is 1.17 bits per heavy atom. The SMILES string of the molecule is CC(=O)Sc1ccccc1-c1nc2n(c1-c1ccncc1)CCC2. The molecule has 3 heterocycles. The molecule has 0 amide bonds. The number of hydrogen-bond acceptors (Lipinski definition) is 4. The Kier molecular flexibility index (Phi) is 3.94. The van der Waals surface area contributed by atoms with Crippen molar-refractivity contribution in [2.24, 2.45) is 0 Å². The summed E-state index contributed by atoms with van der Waals surface area (Å²) in [5, 5.41) is 0.0830. The average Bonchev–Trinajstić information content (AvgIpc) is 3.16. The van der Waals surface area contributed by atoms with Crippen molar-refractivity contribution in [1.29, 1.82) is 0 Å². The molecule has 0 saturated carbocycles. The molecular weight excluding hydrogens is 318 g/mol. The van der Waals surface area contributed by atoms with Gasteiger partial charge in [0.15, 0.2) is 5.12 Å². The number of nitrogens with zero attached hydrogens (tertiary/aromatic N) is 3. The molecule has 1 aliphatic heterocycles. The van der Waals surface area contributed by atoms with Gasteiger partial charge in [-0.3, -0.25) is 9.78 Å². The van der Waals surface area contributed by atoms with E-state index in [-0.39, 0.29) is 5.12 Å². The highest BCUT2D eigenvalue weighted by Gasteiger charge is 2.24. The second kappa shape index (κ2) is 6.24. The highest BCUT2D eigenvalue weighted by atomic mass is 32.2. The minimum Gasteiger partial charge on any atom is -0.327 e. The number of fused-ring (bicyclic) bond motifs is 1. The topological polar surface area (TPSA) is 47.8 Å². The van der Waals surface area contributed by atoms with Crippen LogP contribution in [-0.2, 0) is 17.8 Å². The zero-order valence-electron chi connectivity index (χ0n) is 13.4. The molecule has 4 rings (SSSR count). The van der Waals surface area contributed by atoms with Crippen LogP contribution in [0.25, 0.3) is 22.5 Å². The first-order chi connectivity index (χ1) is 11.7. The molecule has 1 aromatic carbocycles. The van der Waals surface area contributed by atoms with Crippen LogP contribution in [0.2, 0.25) is 0 Å². The number of imidazole rings is 1. The lowest BCUT2D eigenvalue weighted by molar-refractivity contribution is -0.109. The van der Waals surface area contributed by atoms with Crippen LogP contribution in [0, 0.1) is 0 Å². The maximum Gasteiger partial charge on any atom is 0.190 e. The minimum absolute atomic E-state index is 0.0830. The van der Waals surface area contributed by atoms with Gasteiger partial charge in [0.05, 0.1) is 11.4 Å². The molecule has 2 aromatic heterocycles. The summed E-state index contributed by atoms with van der Waals surface area (Å²) in [6, 6.07) is 12.0. The number of carbonyl (C=O) groups excluding carboxylic acids is 1. The standard InChI is InChI=1S/C19H17N3OS/c1-13(23)24-16-6-3-2-5-15(16)18-19(14-8-10-20-11-9-14)22-12-4-7-17(22)21-18/h2-3,5-6,8-11H,4,7,12H2,1H3. The van der Waals surface area contributed by atoms with Gasteiger partial charge in [-0.1, -0.05) is 30.0 Å². The summed E-state index contributed by atoms with van der Waals surface area (Å²) in [5.41, 5.74) is 4.22. The van der Waals surface area contributed by atoms with Crippen LogP contribution in [0.5, 0.6) is 0 Å². The van der Waals surface area contributed by atoms with E-state index in [0.717, 1.165) is 52.6 Å². The van der Waals surface area contributed by atoms with Crippen molar-refractivity contribution in [3.05, 3.63) is 54.6 Å². The summed E-state index contributed by atoms with van der Waals surface area (Å²) in [5.74, 6) is 1.12. The Bertz CT molecular complexity index is 902. The third-order valence-corrected chi connectivity index (χ3v) is 5.04. The second-order valence-corrected chi connectivity index (χ2v) is 7.02. The van der Waals surface area contributed by atoms with Gasteiger partial charge in [0.2, 0.25) is 0 Å². The van der Waals surface area contributed by atoms with Crippen molar-refractivity contribution in [3.63, 3.8) is 0 Å². The van der Waals surface area contributed by atoms with E-state index in [4.69, 9.17) is 4.98 Å². The van der Waals surface area contributed by atoms with Gasteiger partial charge in [-0.05, 0) is 24.6 Å². The van der Waals surface area contributed by atoms with Crippen LogP contribution in [0.15, 0.2) is 53.7 Å². The largest absolute Gasteiger partial charge is 0.327 e. The molecule has 0 bridgehead atoms. The van der Waals surface area contributed by atoms with Gasteiger partial charge in [0, 0.05) is 48.3 Å². The summed E-state index contributed by atoms with van der Waals surface area (Å²) in [6.07, 6.45) is 5.75. The van der Waals surface area contributed by atoms with Crippen molar-refractivity contribution < 1.29 is 4.79 Å². The Hall–Kier alpha value is -2.40. The van der Waals surface area contributed by atoms with E-state index in [1.807, 2.05) is 48.8 Å². The molecule has 0 aliphatic carbocycles. The van der Waals surface area contributed by atoms with Crippen molar-refractivity contribution in [2.75, 3.05) is 0 Å². The molecule has 5 heteroatoms. The molecule has 0 spiro atoms. The zero-order chi connectivity index (χ0) is 16.5. The van der Waals surface area contributed by atoms with Crippen LogP contribution in [0.1, 0.15) is 19.2 Å². The number of pyridine rings is 1. The van der Waals surface area contributed by atoms with Gasteiger partial charge in [0.1, 0.15) is 5.82 Å². The first-order valence-electron chi connectivity index (χ1n) is 8.01. The number of thioether (sulfide) groups is 1. The predicted octanol–water partition coefficient (Wildman–Crippen LogP) is 4.20. The van der Waals surface area contributed by atoms with Gasteiger partial charge in [-0.2, -0.15) is 0 Å². The molecule has 0 unspecified atom stereocenters. The van der Waals surface area contributed by atoms with E-state index in [2.05, 4.69) is 9.55 Å². The zero-order valence-corrected chi connectivity index (χ0v) is 14.2. The lowest BCUT2D eigenvalue weighted by atomic mass is 10.1. The van der Waals surface area contributed by atoms with Crippen LogP contribution in [-0.4, -0.2) is 19.7 Å². The van der Waals surface area contributed by atoms with Gasteiger partial charge in [-0.15, -0.1) is 0 Å². The molecule has 24 heavy (non-hydrogen) atoms. The van der Waals surface area contributed by atoms with Crippen LogP contribution in [0.3, 0.4) is 0 Å². The number of aryl methyl sites for hydroxylation is 1. The first-order valence-corrected chi connectivity index (χ1v) is 8.83. The summed E-state index contributed by atoms with van der Waals surface area (Å²) < 4.78 is 2.31. The fourth-order valence-corrected chi connectivity index (χ4v) is 3.95. The lowest BCUT2D eigenvalue weighted by Gasteiger charge is -2.10. The van der Waals surface area contributed by atoms with Crippen LogP contribution >= 0.6 is 11.8 Å². The van der Waals surface area contributed by atoms with E-state index in [1.165, 1.54) is 11.8 Å². The van der Waals surface area contributed by atoms with Gasteiger partial charge >= 0.3 is 0 Å². The van der Waals surface area contributed by atoms with E-state index in [0.29, 0.717) is 0 Å². The van der Waals surface area contributed by atoms with E-state index in [9.17, 15) is 4.79 Å². The van der Waals surface area contributed by atoms with E-state index >= 15 is 0 Å². The monoisotopic (exact) mass is 335 g/mol. The van der Waals surface area contributed by atoms with E-state index < -0.39 is 0 Å². The maximum atomic E-state index is 11.6. The molecule has 0 saturated heterocycles. The smallest absolute Gasteiger partial charge is 0.190 e. The predicted molar refractivity (Wildman–Crippen MR) is 95.8 cm³/mol. The number of benzene rings is 1. The number of rotatable bonds is 3. The normalized spacial score (nSPS) is 13.0. The average molecular weight is 335 g/mol. The van der Waals surface area contributed by atoms with Gasteiger partial charge in [-0.25, -0.2) is 4.98 Å². The van der Waals surface area contributed by atoms with Crippen LogP contribution < -0.4 is 0 Å². The molecule has 0 N–H and O–H groups in total. The molecule has 120 valence electrons. The second-order valence-electron chi connectivity index (χ2n) is 5.81. The minimum atomic E-state index is 0.0830. The van der Waals surface area contributed by atoms with Crippen molar-refractivity contribution in [2.45, 2.75) is 31.2 Å². The number of hydrogen-bond donors (Lipinski definition) is 0. The molecular formula is C19H17N3OS. The highest BCUT2D eigenvalue weighted by Crippen LogP contribution is 2.39. The number of aromatic nitrogens is 3. The Balaban J connectivity index is 1.93. The molecule has 0 fully saturated rings. The van der Waals surface area contributed by atoms with Gasteiger partial charge < -0.3 is 4.57 Å². The molecule has 3 aromatic rings. The summed E-state index contributed by atoms with van der Waals surface area (Å²) in [7, 11) is 0. The highest BCUT2D eigenvalue weighted by molar-refractivity contribution is 8.13. The molecule has 4 nitrogen and oxygen atoms in total. The Labute approximate surface area is 145 Å². The van der Waals surface area contributed by atoms with E-state index in [1.54, 1.807) is 6.92 Å². The quantitative estimate of drug-likeness (QED) is 0.673. The van der Waals surface area contributed by atoms with Crippen molar-refractivity contribution in [3.8, 4) is 22.5 Å².